The van der Waals surface area contributed by atoms with Crippen molar-refractivity contribution in [2.45, 2.75) is 153 Å². The zero-order valence-electron chi connectivity index (χ0n) is 38.6. The molecule has 0 saturated heterocycles. The maximum Gasteiger partial charge on any atom is 0.218 e. The topological polar surface area (TPSA) is 89.9 Å². The van der Waals surface area contributed by atoms with E-state index < -0.39 is 0 Å². The lowest BCUT2D eigenvalue weighted by atomic mass is 9.48. The van der Waals surface area contributed by atoms with Gasteiger partial charge in [0.2, 0.25) is 5.24 Å². The first-order valence-electron chi connectivity index (χ1n) is 24.5. The highest BCUT2D eigenvalue weighted by molar-refractivity contribution is 6.62. The van der Waals surface area contributed by atoms with E-state index in [1.807, 2.05) is 12.1 Å². The molecule has 0 atom stereocenters. The van der Waals surface area contributed by atoms with Gasteiger partial charge in [-0.3, -0.25) is 14.4 Å². The molecule has 12 aliphatic carbocycles. The first-order chi connectivity index (χ1) is 30.2. The van der Waals surface area contributed by atoms with E-state index in [2.05, 4.69) is 54.1 Å². The van der Waals surface area contributed by atoms with E-state index >= 15 is 0 Å². The Kier molecular flexibility index (Phi) is 12.5. The third-order valence-corrected chi connectivity index (χ3v) is 18.0. The van der Waals surface area contributed by atoms with Crippen LogP contribution in [0.4, 0.5) is 0 Å². The maximum atomic E-state index is 11.9. The highest BCUT2D eigenvalue weighted by atomic mass is 35.5. The number of benzene rings is 3. The molecule has 6 nitrogen and oxygen atoms in total. The number of carbonyl (C=O) groups excluding carboxylic acids is 3. The summed E-state index contributed by atoms with van der Waals surface area (Å²) in [7, 11) is 3.39. The molecule has 1 N–H and O–H groups in total. The Morgan fingerprint density at radius 2 is 0.778 bits per heavy atom. The van der Waals surface area contributed by atoms with Gasteiger partial charge in [-0.05, 0) is 264 Å². The van der Waals surface area contributed by atoms with E-state index in [-0.39, 0.29) is 22.6 Å². The van der Waals surface area contributed by atoms with E-state index in [1.54, 1.807) is 39.7 Å². The summed E-state index contributed by atoms with van der Waals surface area (Å²) in [6.07, 6.45) is 25.4. The van der Waals surface area contributed by atoms with Crippen molar-refractivity contribution in [3.05, 3.63) is 88.5 Å². The van der Waals surface area contributed by atoms with Crippen molar-refractivity contribution >= 4 is 28.4 Å². The van der Waals surface area contributed by atoms with Gasteiger partial charge in [0.05, 0.1) is 25.3 Å². The molecule has 12 saturated carbocycles. The van der Waals surface area contributed by atoms with Crippen LogP contribution in [0.3, 0.4) is 0 Å². The van der Waals surface area contributed by atoms with Gasteiger partial charge in [0, 0.05) is 6.92 Å². The summed E-state index contributed by atoms with van der Waals surface area (Å²) >= 11 is 4.64. The van der Waals surface area contributed by atoms with Crippen LogP contribution in [-0.2, 0) is 21.0 Å². The Bertz CT molecular complexity index is 2080. The van der Waals surface area contributed by atoms with Gasteiger partial charge in [-0.25, -0.2) is 0 Å². The molecule has 0 unspecified atom stereocenters. The van der Waals surface area contributed by atoms with Gasteiger partial charge in [-0.2, -0.15) is 0 Å². The second-order valence-electron chi connectivity index (χ2n) is 22.6. The molecule has 12 bridgehead atoms. The third kappa shape index (κ3) is 9.02. The summed E-state index contributed by atoms with van der Waals surface area (Å²) < 4.78 is 10.6. The molecule has 63 heavy (non-hydrogen) atoms. The van der Waals surface area contributed by atoms with Gasteiger partial charge in [0.15, 0.2) is 11.6 Å². The summed E-state index contributed by atoms with van der Waals surface area (Å²) in [6, 6.07) is 21.1. The number of methoxy groups -OCH3 is 2. The van der Waals surface area contributed by atoms with E-state index in [1.165, 1.54) is 134 Å². The Morgan fingerprint density at radius 1 is 0.476 bits per heavy atom. The van der Waals surface area contributed by atoms with Crippen LogP contribution in [0.15, 0.2) is 60.7 Å². The molecular formula is C56H71ClO6. The van der Waals surface area contributed by atoms with Crippen LogP contribution in [0, 0.1) is 53.3 Å². The first kappa shape index (κ1) is 44.6. The average Bonchev–Trinajstić information content (AvgIpc) is 3.22. The second-order valence-corrected chi connectivity index (χ2v) is 23.1. The third-order valence-electron chi connectivity index (χ3n) is 18.0. The fourth-order valence-corrected chi connectivity index (χ4v) is 16.8. The van der Waals surface area contributed by atoms with E-state index in [0.717, 1.165) is 70.3 Å². The minimum Gasteiger partial charge on any atom is -0.507 e. The number of ether oxygens (including phenoxy) is 2. The SMILES string of the molecule is CC(=O)Cl.CC(=O)c1cc(C23CC4CC(CC(C4)C2)C3)ccc1O.COc1ccc(C23CC4CC(CC(C4)C2)C3)cc1.COc1ccc(C23CC4CC(CC(C4)C2)C3)cc1C(C)=O. The van der Waals surface area contributed by atoms with E-state index in [9.17, 15) is 19.5 Å². The number of carbonyl (C=O) groups is 3. The van der Waals surface area contributed by atoms with Gasteiger partial charge in [-0.15, -0.1) is 0 Å². The lowest BCUT2D eigenvalue weighted by Crippen LogP contribution is -2.48. The van der Waals surface area contributed by atoms with Crippen molar-refractivity contribution in [3.8, 4) is 17.2 Å². The van der Waals surface area contributed by atoms with Crippen LogP contribution in [-0.4, -0.2) is 36.1 Å². The Morgan fingerprint density at radius 3 is 1.10 bits per heavy atom. The molecule has 0 aliphatic heterocycles. The summed E-state index contributed by atoms with van der Waals surface area (Å²) in [4.78, 5) is 32.8. The van der Waals surface area contributed by atoms with Crippen LogP contribution in [0.25, 0.3) is 0 Å². The lowest BCUT2D eigenvalue weighted by molar-refractivity contribution is -0.109. The largest absolute Gasteiger partial charge is 0.507 e. The predicted molar refractivity (Wildman–Crippen MR) is 250 cm³/mol. The number of hydrogen-bond donors (Lipinski definition) is 1. The van der Waals surface area contributed by atoms with Gasteiger partial charge >= 0.3 is 0 Å². The molecular weight excluding hydrogens is 804 g/mol. The Balaban J connectivity index is 0.000000115. The molecule has 7 heteroatoms. The predicted octanol–water partition coefficient (Wildman–Crippen LogP) is 13.4. The molecule has 0 spiro atoms. The van der Waals surface area contributed by atoms with Crippen molar-refractivity contribution in [1.82, 2.24) is 0 Å². The van der Waals surface area contributed by atoms with Crippen molar-refractivity contribution in [3.63, 3.8) is 0 Å². The number of phenols is 1. The van der Waals surface area contributed by atoms with Gasteiger partial charge < -0.3 is 14.6 Å². The number of phenolic OH excluding ortho intramolecular Hbond substituents is 1. The van der Waals surface area contributed by atoms with Crippen molar-refractivity contribution in [2.24, 2.45) is 53.3 Å². The fraction of sp³-hybridized carbons (Fsp3) is 0.625. The molecule has 0 heterocycles. The molecule has 3 aromatic carbocycles. The highest BCUT2D eigenvalue weighted by Crippen LogP contribution is 2.63. The first-order valence-corrected chi connectivity index (χ1v) is 24.9. The summed E-state index contributed by atoms with van der Waals surface area (Å²) in [5.41, 5.74) is 6.72. The highest BCUT2D eigenvalue weighted by Gasteiger charge is 2.54. The summed E-state index contributed by atoms with van der Waals surface area (Å²) in [5.74, 6) is 10.5. The molecule has 0 aromatic heterocycles. The summed E-state index contributed by atoms with van der Waals surface area (Å²) in [6.45, 7) is 4.47. The molecule has 0 radical (unpaired) electrons. The normalized spacial score (nSPS) is 36.5. The minimum atomic E-state index is -0.361. The Labute approximate surface area is 381 Å². The second kappa shape index (κ2) is 17.6. The van der Waals surface area contributed by atoms with Gasteiger partial charge in [-0.1, -0.05) is 24.3 Å². The quantitative estimate of drug-likeness (QED) is 0.188. The van der Waals surface area contributed by atoms with Crippen LogP contribution in [0.5, 0.6) is 17.2 Å². The average molecular weight is 876 g/mol. The Hall–Kier alpha value is -3.64. The number of rotatable bonds is 7. The van der Waals surface area contributed by atoms with Crippen LogP contribution >= 0.6 is 11.6 Å². The van der Waals surface area contributed by atoms with Crippen LogP contribution in [0.1, 0.15) is 174 Å². The van der Waals surface area contributed by atoms with Crippen LogP contribution < -0.4 is 9.47 Å². The van der Waals surface area contributed by atoms with Crippen molar-refractivity contribution in [1.29, 1.82) is 0 Å². The van der Waals surface area contributed by atoms with Crippen molar-refractivity contribution < 1.29 is 29.0 Å². The molecule has 12 aliphatic rings. The molecule has 0 amide bonds. The standard InChI is InChI=1S/C19H24O2.C18H22O2.C17H22O.C2H3ClO/c1-12(20)17-8-16(3-4-18(17)21-2)19-9-13-5-14(10-19)7-15(6-13)11-19;1-11(19)16-7-15(2-3-17(16)20)18-8-12-4-13(9-18)6-14(5-12)10-18;1-18-16-4-2-15(3-5-16)17-9-12-6-13(10-17)8-14(7-12)11-17;1-2(3)4/h3-4,8,13-15H,5-7,9-11H2,1-2H3;2-3,7,12-14,20H,4-6,8-10H2,1H3;2-5,12-14H,6-11H2,1H3;1H3. The number of Topliss-reactive ketones (excluding diaryl/α,β-unsaturated/α-hetero) is 2. The fourth-order valence-electron chi connectivity index (χ4n) is 16.8. The number of hydrogen-bond acceptors (Lipinski definition) is 6. The zero-order valence-corrected chi connectivity index (χ0v) is 39.3. The maximum absolute atomic E-state index is 11.9. The molecule has 12 fully saturated rings. The molecule has 3 aromatic rings. The van der Waals surface area contributed by atoms with E-state index in [0.29, 0.717) is 21.8 Å². The van der Waals surface area contributed by atoms with Gasteiger partial charge in [0.1, 0.15) is 17.2 Å². The van der Waals surface area contributed by atoms with E-state index in [4.69, 9.17) is 9.47 Å². The summed E-state index contributed by atoms with van der Waals surface area (Å²) in [5, 5.41) is 9.51. The van der Waals surface area contributed by atoms with Crippen molar-refractivity contribution in [2.75, 3.05) is 14.2 Å². The zero-order chi connectivity index (χ0) is 44.3. The monoisotopic (exact) mass is 874 g/mol. The molecule has 15 rings (SSSR count). The number of aromatic hydroxyl groups is 1. The smallest absolute Gasteiger partial charge is 0.218 e. The number of halogens is 1. The lowest BCUT2D eigenvalue weighted by Gasteiger charge is -2.57. The molecule has 338 valence electrons. The van der Waals surface area contributed by atoms with Gasteiger partial charge in [0.25, 0.3) is 0 Å². The minimum absolute atomic E-state index is 0.0333. The number of ketones is 2. The van der Waals surface area contributed by atoms with Crippen LogP contribution in [0.2, 0.25) is 0 Å².